The molecule has 0 radical (unpaired) electrons. The van der Waals surface area contributed by atoms with Gasteiger partial charge >= 0.3 is 5.97 Å². The Labute approximate surface area is 112 Å². The fourth-order valence-corrected chi connectivity index (χ4v) is 3.63. The summed E-state index contributed by atoms with van der Waals surface area (Å²) in [6, 6.07) is 4.60. The number of hydrogen-bond acceptors (Lipinski definition) is 3. The first kappa shape index (κ1) is 13.6. The van der Waals surface area contributed by atoms with E-state index in [-0.39, 0.29) is 5.92 Å². The van der Waals surface area contributed by atoms with Crippen molar-refractivity contribution in [3.8, 4) is 0 Å². The smallest absolute Gasteiger partial charge is 0.306 e. The highest BCUT2D eigenvalue weighted by molar-refractivity contribution is 7.12. The molecule has 100 valence electrons. The number of carbonyl (C=O) groups is 1. The Morgan fingerprint density at radius 1 is 1.56 bits per heavy atom. The van der Waals surface area contributed by atoms with Crippen molar-refractivity contribution in [2.45, 2.75) is 39.2 Å². The molecule has 18 heavy (non-hydrogen) atoms. The van der Waals surface area contributed by atoms with E-state index < -0.39 is 5.97 Å². The van der Waals surface area contributed by atoms with Crippen LogP contribution in [0.5, 0.6) is 0 Å². The third-order valence-electron chi connectivity index (χ3n) is 3.85. The molecule has 1 aromatic heterocycles. The van der Waals surface area contributed by atoms with Gasteiger partial charge in [0.2, 0.25) is 0 Å². The summed E-state index contributed by atoms with van der Waals surface area (Å²) in [5.74, 6) is -0.472. The number of thiophene rings is 1. The summed E-state index contributed by atoms with van der Waals surface area (Å²) in [6.07, 6.45) is 2.93. The Morgan fingerprint density at radius 3 is 2.94 bits per heavy atom. The monoisotopic (exact) mass is 267 g/mol. The van der Waals surface area contributed by atoms with Crippen LogP contribution in [0.1, 0.15) is 42.0 Å². The van der Waals surface area contributed by atoms with Gasteiger partial charge in [0.25, 0.3) is 0 Å². The molecule has 2 N–H and O–H groups in total. The molecule has 0 saturated heterocycles. The van der Waals surface area contributed by atoms with Crippen LogP contribution in [0.3, 0.4) is 0 Å². The van der Waals surface area contributed by atoms with E-state index in [0.29, 0.717) is 12.0 Å². The van der Waals surface area contributed by atoms with Crippen molar-refractivity contribution < 1.29 is 9.90 Å². The second-order valence-corrected chi connectivity index (χ2v) is 6.53. The van der Waals surface area contributed by atoms with Crippen molar-refractivity contribution in [3.63, 3.8) is 0 Å². The molecule has 0 spiro atoms. The van der Waals surface area contributed by atoms with Crippen molar-refractivity contribution in [1.29, 1.82) is 0 Å². The van der Waals surface area contributed by atoms with Gasteiger partial charge < -0.3 is 10.4 Å². The van der Waals surface area contributed by atoms with Crippen molar-refractivity contribution in [2.75, 3.05) is 6.54 Å². The Bertz CT molecular complexity index is 416. The molecule has 0 bridgehead atoms. The lowest BCUT2D eigenvalue weighted by atomic mass is 9.96. The van der Waals surface area contributed by atoms with Gasteiger partial charge in [-0.05, 0) is 51.3 Å². The van der Waals surface area contributed by atoms with E-state index in [2.05, 4.69) is 31.3 Å². The van der Waals surface area contributed by atoms with E-state index in [4.69, 9.17) is 5.11 Å². The molecule has 1 heterocycles. The van der Waals surface area contributed by atoms with Gasteiger partial charge in [-0.15, -0.1) is 11.3 Å². The highest BCUT2D eigenvalue weighted by Gasteiger charge is 2.32. The topological polar surface area (TPSA) is 49.3 Å². The Kier molecular flexibility index (Phi) is 4.40. The van der Waals surface area contributed by atoms with Gasteiger partial charge in [0.05, 0.1) is 5.92 Å². The molecule has 0 aliphatic heterocycles. The lowest BCUT2D eigenvalue weighted by molar-refractivity contribution is -0.142. The van der Waals surface area contributed by atoms with Crippen LogP contribution in [-0.4, -0.2) is 17.6 Å². The third kappa shape index (κ3) is 3.12. The largest absolute Gasteiger partial charge is 0.481 e. The van der Waals surface area contributed by atoms with Crippen LogP contribution in [-0.2, 0) is 4.79 Å². The van der Waals surface area contributed by atoms with E-state index in [1.807, 2.05) is 0 Å². The average Bonchev–Trinajstić information content (AvgIpc) is 2.94. The molecule has 0 amide bonds. The van der Waals surface area contributed by atoms with Gasteiger partial charge in [0, 0.05) is 15.8 Å². The van der Waals surface area contributed by atoms with Gasteiger partial charge in [0.15, 0.2) is 0 Å². The maximum atomic E-state index is 11.1. The molecule has 2 rings (SSSR count). The molecular formula is C14H21NO2S. The standard InChI is InChI=1S/C14H21NO2S/c1-9-6-7-13(18-9)10(2)15-8-11-4-3-5-12(11)14(16)17/h6-7,10-12,15H,3-5,8H2,1-2H3,(H,16,17). The number of carboxylic acid groups (broad SMARTS) is 1. The van der Waals surface area contributed by atoms with Crippen molar-refractivity contribution in [1.82, 2.24) is 5.32 Å². The number of hydrogen-bond donors (Lipinski definition) is 2. The highest BCUT2D eigenvalue weighted by atomic mass is 32.1. The van der Waals surface area contributed by atoms with Crippen LogP contribution < -0.4 is 5.32 Å². The number of rotatable bonds is 5. The molecule has 4 heteroatoms. The van der Waals surface area contributed by atoms with E-state index in [1.54, 1.807) is 11.3 Å². The summed E-state index contributed by atoms with van der Waals surface area (Å²) in [4.78, 5) is 13.8. The summed E-state index contributed by atoms with van der Waals surface area (Å²) in [5, 5.41) is 12.6. The predicted octanol–water partition coefficient (Wildman–Crippen LogP) is 3.21. The zero-order chi connectivity index (χ0) is 13.1. The number of nitrogens with one attached hydrogen (secondary N) is 1. The van der Waals surface area contributed by atoms with Gasteiger partial charge in [-0.3, -0.25) is 4.79 Å². The van der Waals surface area contributed by atoms with E-state index in [9.17, 15) is 4.79 Å². The first-order valence-corrected chi connectivity index (χ1v) is 7.42. The number of carboxylic acids is 1. The van der Waals surface area contributed by atoms with Crippen molar-refractivity contribution in [3.05, 3.63) is 21.9 Å². The molecule has 1 saturated carbocycles. The van der Waals surface area contributed by atoms with Crippen LogP contribution in [0.4, 0.5) is 0 Å². The normalized spacial score (nSPS) is 25.2. The molecule has 1 aliphatic rings. The average molecular weight is 267 g/mol. The van der Waals surface area contributed by atoms with Gasteiger partial charge in [-0.1, -0.05) is 6.42 Å². The minimum atomic E-state index is -0.626. The fourth-order valence-electron chi connectivity index (χ4n) is 2.72. The predicted molar refractivity (Wildman–Crippen MR) is 73.9 cm³/mol. The zero-order valence-corrected chi connectivity index (χ0v) is 11.8. The lowest BCUT2D eigenvalue weighted by Crippen LogP contribution is -2.30. The number of aliphatic carboxylic acids is 1. The molecular weight excluding hydrogens is 246 g/mol. The Balaban J connectivity index is 1.86. The summed E-state index contributed by atoms with van der Waals surface area (Å²) in [7, 11) is 0. The van der Waals surface area contributed by atoms with E-state index >= 15 is 0 Å². The van der Waals surface area contributed by atoms with Crippen LogP contribution >= 0.6 is 11.3 Å². The molecule has 0 aromatic carbocycles. The summed E-state index contributed by atoms with van der Waals surface area (Å²) >= 11 is 1.81. The Hall–Kier alpha value is -0.870. The molecule has 3 atom stereocenters. The van der Waals surface area contributed by atoms with E-state index in [0.717, 1.165) is 25.8 Å². The molecule has 1 aliphatic carbocycles. The molecule has 1 fully saturated rings. The summed E-state index contributed by atoms with van der Waals surface area (Å²) in [6.45, 7) is 5.07. The minimum absolute atomic E-state index is 0.144. The van der Waals surface area contributed by atoms with Crippen molar-refractivity contribution in [2.24, 2.45) is 11.8 Å². The summed E-state index contributed by atoms with van der Waals surface area (Å²) < 4.78 is 0. The first-order chi connectivity index (χ1) is 8.58. The van der Waals surface area contributed by atoms with Gasteiger partial charge in [0.1, 0.15) is 0 Å². The van der Waals surface area contributed by atoms with Crippen LogP contribution in [0.25, 0.3) is 0 Å². The van der Waals surface area contributed by atoms with Crippen LogP contribution in [0.2, 0.25) is 0 Å². The highest BCUT2D eigenvalue weighted by Crippen LogP contribution is 2.32. The van der Waals surface area contributed by atoms with Crippen LogP contribution in [0.15, 0.2) is 12.1 Å². The van der Waals surface area contributed by atoms with E-state index in [1.165, 1.54) is 9.75 Å². The Morgan fingerprint density at radius 2 is 2.33 bits per heavy atom. The first-order valence-electron chi connectivity index (χ1n) is 6.60. The SMILES string of the molecule is Cc1ccc(C(C)NCC2CCCC2C(=O)O)s1. The fraction of sp³-hybridized carbons (Fsp3) is 0.643. The minimum Gasteiger partial charge on any atom is -0.481 e. The third-order valence-corrected chi connectivity index (χ3v) is 5.03. The molecule has 1 aromatic rings. The zero-order valence-electron chi connectivity index (χ0n) is 11.0. The summed E-state index contributed by atoms with van der Waals surface area (Å²) in [5.41, 5.74) is 0. The van der Waals surface area contributed by atoms with Gasteiger partial charge in [-0.2, -0.15) is 0 Å². The maximum absolute atomic E-state index is 11.1. The maximum Gasteiger partial charge on any atom is 0.306 e. The van der Waals surface area contributed by atoms with Gasteiger partial charge in [-0.25, -0.2) is 0 Å². The second-order valence-electron chi connectivity index (χ2n) is 5.21. The van der Waals surface area contributed by atoms with Crippen molar-refractivity contribution >= 4 is 17.3 Å². The second kappa shape index (κ2) is 5.85. The quantitative estimate of drug-likeness (QED) is 0.861. The number of aryl methyl sites for hydroxylation is 1. The molecule has 3 nitrogen and oxygen atoms in total. The lowest BCUT2D eigenvalue weighted by Gasteiger charge is -2.19. The molecule has 3 unspecified atom stereocenters. The van der Waals surface area contributed by atoms with Crippen LogP contribution in [0, 0.1) is 18.8 Å².